The molecule has 0 aliphatic rings. The first-order valence-electron chi connectivity index (χ1n) is 5.95. The molecule has 0 bridgehead atoms. The lowest BCUT2D eigenvalue weighted by Gasteiger charge is -2.00. The number of carbonyl (C=O) groups excluding carboxylic acids is 2. The predicted molar refractivity (Wildman–Crippen MR) is 70.7 cm³/mol. The number of hydrogen-bond donors (Lipinski definition) is 1. The molecule has 2 N–H and O–H groups in total. The van der Waals surface area contributed by atoms with Crippen LogP contribution in [0.25, 0.3) is 0 Å². The van der Waals surface area contributed by atoms with E-state index in [0.29, 0.717) is 11.1 Å². The highest BCUT2D eigenvalue weighted by molar-refractivity contribution is 5.95. The van der Waals surface area contributed by atoms with Crippen molar-refractivity contribution in [2.24, 2.45) is 5.73 Å². The third-order valence-corrected chi connectivity index (χ3v) is 2.84. The summed E-state index contributed by atoms with van der Waals surface area (Å²) in [6.45, 7) is 2.16. The van der Waals surface area contributed by atoms with Gasteiger partial charge in [0.15, 0.2) is 12.4 Å². The minimum Gasteiger partial charge on any atom is -1.00 e. The topological polar surface area (TPSA) is 64.0 Å². The molecule has 0 saturated heterocycles. The Bertz CT molecular complexity index is 624. The molecular formula is C15H15ClN2O2. The molecule has 1 heterocycles. The number of primary amides is 1. The Morgan fingerprint density at radius 3 is 2.35 bits per heavy atom. The molecule has 1 amide bonds. The van der Waals surface area contributed by atoms with Crippen LogP contribution in [0.3, 0.4) is 0 Å². The van der Waals surface area contributed by atoms with Gasteiger partial charge in [-0.3, -0.25) is 9.59 Å². The van der Waals surface area contributed by atoms with Gasteiger partial charge in [-0.05, 0) is 13.0 Å². The van der Waals surface area contributed by atoms with Crippen molar-refractivity contribution in [1.82, 2.24) is 0 Å². The fourth-order valence-corrected chi connectivity index (χ4v) is 1.76. The van der Waals surface area contributed by atoms with Crippen molar-refractivity contribution in [1.29, 1.82) is 0 Å². The van der Waals surface area contributed by atoms with E-state index in [2.05, 4.69) is 0 Å². The zero-order valence-corrected chi connectivity index (χ0v) is 11.8. The summed E-state index contributed by atoms with van der Waals surface area (Å²) in [6.07, 6.45) is 3.31. The van der Waals surface area contributed by atoms with Crippen LogP contribution in [0.1, 0.15) is 26.3 Å². The van der Waals surface area contributed by atoms with Crippen LogP contribution in [0, 0.1) is 6.92 Å². The molecule has 2 aromatic rings. The Balaban J connectivity index is 0.00000200. The minimum absolute atomic E-state index is 0. The average molecular weight is 291 g/mol. The zero-order chi connectivity index (χ0) is 13.8. The molecule has 0 aliphatic heterocycles. The van der Waals surface area contributed by atoms with Gasteiger partial charge >= 0.3 is 0 Å². The summed E-state index contributed by atoms with van der Waals surface area (Å²) < 4.78 is 1.66. The summed E-state index contributed by atoms with van der Waals surface area (Å²) in [5.41, 5.74) is 7.36. The second-order valence-corrected chi connectivity index (χ2v) is 4.42. The molecule has 20 heavy (non-hydrogen) atoms. The number of hydrogen-bond acceptors (Lipinski definition) is 2. The summed E-state index contributed by atoms with van der Waals surface area (Å²) in [6, 6.07) is 10.7. The number of nitrogens with two attached hydrogens (primary N) is 1. The normalized spacial score (nSPS) is 9.65. The standard InChI is InChI=1S/C15H14N2O2.ClH/c1-11-4-6-12(7-5-11)14(18)10-17-8-2-3-13(9-17)15(16)19;/h2-9H,10H2,1H3,(H-,16,19);1H. The van der Waals surface area contributed by atoms with Gasteiger partial charge in [-0.1, -0.05) is 29.8 Å². The first-order chi connectivity index (χ1) is 9.06. The molecule has 4 nitrogen and oxygen atoms in total. The fraction of sp³-hybridized carbons (Fsp3) is 0.133. The Morgan fingerprint density at radius 1 is 1.10 bits per heavy atom. The lowest BCUT2D eigenvalue weighted by Crippen LogP contribution is -3.00. The molecule has 1 aromatic carbocycles. The molecule has 0 fully saturated rings. The Kier molecular flexibility index (Phi) is 5.41. The SMILES string of the molecule is Cc1ccc(C(=O)C[n+]2cccc(C(N)=O)c2)cc1.[Cl-]. The largest absolute Gasteiger partial charge is 1.00 e. The molecule has 0 aliphatic carbocycles. The lowest BCUT2D eigenvalue weighted by atomic mass is 10.1. The van der Waals surface area contributed by atoms with Gasteiger partial charge < -0.3 is 18.1 Å². The maximum absolute atomic E-state index is 12.1. The van der Waals surface area contributed by atoms with E-state index in [1.165, 1.54) is 0 Å². The molecule has 0 unspecified atom stereocenters. The first kappa shape index (κ1) is 15.9. The van der Waals surface area contributed by atoms with Crippen molar-refractivity contribution in [3.8, 4) is 0 Å². The van der Waals surface area contributed by atoms with E-state index in [1.807, 2.05) is 19.1 Å². The molecule has 1 aromatic heterocycles. The van der Waals surface area contributed by atoms with Gasteiger partial charge in [-0.2, -0.15) is 4.57 Å². The molecule has 0 atom stereocenters. The number of ketones is 1. The molecular weight excluding hydrogens is 276 g/mol. The van der Waals surface area contributed by atoms with Gasteiger partial charge in [-0.25, -0.2) is 0 Å². The maximum Gasteiger partial charge on any atom is 0.254 e. The molecule has 0 spiro atoms. The van der Waals surface area contributed by atoms with E-state index < -0.39 is 5.91 Å². The van der Waals surface area contributed by atoms with Gasteiger partial charge in [0, 0.05) is 11.6 Å². The fourth-order valence-electron chi connectivity index (χ4n) is 1.76. The number of aromatic nitrogens is 1. The van der Waals surface area contributed by atoms with Crippen molar-refractivity contribution < 1.29 is 26.6 Å². The number of carbonyl (C=O) groups is 2. The van der Waals surface area contributed by atoms with Crippen LogP contribution in [-0.4, -0.2) is 11.7 Å². The van der Waals surface area contributed by atoms with Crippen molar-refractivity contribution in [2.75, 3.05) is 0 Å². The number of Topliss-reactive ketones (excluding diaryl/α,β-unsaturated/α-hetero) is 1. The van der Waals surface area contributed by atoms with E-state index in [1.54, 1.807) is 41.2 Å². The zero-order valence-electron chi connectivity index (χ0n) is 11.0. The van der Waals surface area contributed by atoms with Crippen molar-refractivity contribution in [3.05, 3.63) is 65.5 Å². The monoisotopic (exact) mass is 290 g/mol. The number of nitrogens with zero attached hydrogens (tertiary/aromatic N) is 1. The number of pyridine rings is 1. The van der Waals surface area contributed by atoms with Gasteiger partial charge in [0.25, 0.3) is 5.91 Å². The Labute approximate surface area is 123 Å². The number of benzene rings is 1. The van der Waals surface area contributed by atoms with Gasteiger partial charge in [0.1, 0.15) is 5.56 Å². The number of rotatable bonds is 4. The highest BCUT2D eigenvalue weighted by Gasteiger charge is 2.13. The summed E-state index contributed by atoms with van der Waals surface area (Å²) >= 11 is 0. The van der Waals surface area contributed by atoms with E-state index in [4.69, 9.17) is 5.73 Å². The third kappa shape index (κ3) is 3.90. The Hall–Kier alpha value is -2.20. The molecule has 2 rings (SSSR count). The highest BCUT2D eigenvalue weighted by atomic mass is 35.5. The van der Waals surface area contributed by atoms with E-state index in [9.17, 15) is 9.59 Å². The van der Waals surface area contributed by atoms with Gasteiger partial charge in [0.2, 0.25) is 12.3 Å². The first-order valence-corrected chi connectivity index (χ1v) is 5.95. The quantitative estimate of drug-likeness (QED) is 0.537. The third-order valence-electron chi connectivity index (χ3n) is 2.84. The summed E-state index contributed by atoms with van der Waals surface area (Å²) in [4.78, 5) is 23.1. The van der Waals surface area contributed by atoms with Crippen LogP contribution < -0.4 is 22.7 Å². The van der Waals surface area contributed by atoms with Crippen LogP contribution in [0.4, 0.5) is 0 Å². The van der Waals surface area contributed by atoms with E-state index in [0.717, 1.165) is 5.56 Å². The molecule has 104 valence electrons. The smallest absolute Gasteiger partial charge is 0.254 e. The van der Waals surface area contributed by atoms with Crippen LogP contribution in [0.5, 0.6) is 0 Å². The average Bonchev–Trinajstić information content (AvgIpc) is 2.39. The van der Waals surface area contributed by atoms with Crippen LogP contribution >= 0.6 is 0 Å². The second kappa shape index (κ2) is 6.82. The minimum atomic E-state index is -0.503. The summed E-state index contributed by atoms with van der Waals surface area (Å²) in [5.74, 6) is -0.510. The van der Waals surface area contributed by atoms with E-state index in [-0.39, 0.29) is 24.7 Å². The van der Waals surface area contributed by atoms with Crippen molar-refractivity contribution >= 4 is 11.7 Å². The number of aryl methyl sites for hydroxylation is 1. The predicted octanol–water partition coefficient (Wildman–Crippen LogP) is -1.73. The summed E-state index contributed by atoms with van der Waals surface area (Å²) in [7, 11) is 0. The van der Waals surface area contributed by atoms with Gasteiger partial charge in [-0.15, -0.1) is 0 Å². The van der Waals surface area contributed by atoms with Gasteiger partial charge in [0.05, 0.1) is 0 Å². The second-order valence-electron chi connectivity index (χ2n) is 4.42. The summed E-state index contributed by atoms with van der Waals surface area (Å²) in [5, 5.41) is 0. The Morgan fingerprint density at radius 2 is 1.75 bits per heavy atom. The van der Waals surface area contributed by atoms with Crippen molar-refractivity contribution in [2.45, 2.75) is 13.5 Å². The number of halogens is 1. The lowest BCUT2D eigenvalue weighted by molar-refractivity contribution is -0.683. The molecule has 0 saturated carbocycles. The maximum atomic E-state index is 12.1. The van der Waals surface area contributed by atoms with E-state index >= 15 is 0 Å². The molecule has 0 radical (unpaired) electrons. The van der Waals surface area contributed by atoms with Crippen LogP contribution in [0.15, 0.2) is 48.8 Å². The van der Waals surface area contributed by atoms with Crippen LogP contribution in [0.2, 0.25) is 0 Å². The van der Waals surface area contributed by atoms with Crippen molar-refractivity contribution in [3.63, 3.8) is 0 Å². The highest BCUT2D eigenvalue weighted by Crippen LogP contribution is 2.04. The number of amides is 1. The molecule has 5 heteroatoms. The van der Waals surface area contributed by atoms with Crippen LogP contribution in [-0.2, 0) is 6.54 Å².